The van der Waals surface area contributed by atoms with Crippen molar-refractivity contribution in [3.8, 4) is 0 Å². The number of hydrogen-bond acceptors (Lipinski definition) is 6. The van der Waals surface area contributed by atoms with Crippen LogP contribution >= 0.6 is 0 Å². The van der Waals surface area contributed by atoms with Crippen molar-refractivity contribution in [3.05, 3.63) is 23.5 Å². The quantitative estimate of drug-likeness (QED) is 0.0874. The van der Waals surface area contributed by atoms with Gasteiger partial charge in [0.15, 0.2) is 0 Å². The molecule has 0 amide bonds. The number of unbranched alkanes of at least 4 members (excludes halogenated alkanes) is 5. The van der Waals surface area contributed by atoms with Crippen LogP contribution in [0.3, 0.4) is 0 Å². The smallest absolute Gasteiger partial charge is 0.307 e. The van der Waals surface area contributed by atoms with E-state index in [-0.39, 0.29) is 35.3 Å². The van der Waals surface area contributed by atoms with Crippen molar-refractivity contribution in [1.82, 2.24) is 0 Å². The molecule has 0 N–H and O–H groups in total. The highest BCUT2D eigenvalue weighted by molar-refractivity contribution is 5.69. The topological polar surface area (TPSA) is 78.9 Å². The van der Waals surface area contributed by atoms with E-state index in [2.05, 4.69) is 33.8 Å². The van der Waals surface area contributed by atoms with Crippen LogP contribution in [0.4, 0.5) is 0 Å². The highest BCUT2D eigenvalue weighted by atomic mass is 16.5. The molecule has 0 aliphatic heterocycles. The van der Waals surface area contributed by atoms with E-state index in [1.54, 1.807) is 0 Å². The fourth-order valence-electron chi connectivity index (χ4n) is 4.73. The lowest BCUT2D eigenvalue weighted by atomic mass is 9.84. The molecule has 0 radical (unpaired) electrons. The van der Waals surface area contributed by atoms with Crippen LogP contribution in [0.2, 0.25) is 0 Å². The number of esters is 3. The third-order valence-electron chi connectivity index (χ3n) is 6.89. The van der Waals surface area contributed by atoms with Gasteiger partial charge in [-0.2, -0.15) is 0 Å². The fraction of sp³-hybridized carbons (Fsp3) is 0.767. The lowest BCUT2D eigenvalue weighted by molar-refractivity contribution is -0.148. The summed E-state index contributed by atoms with van der Waals surface area (Å²) in [4.78, 5) is 35.2. The molecular formula is C30H50O6. The second-order valence-corrected chi connectivity index (χ2v) is 10.7. The first-order chi connectivity index (χ1) is 17.1. The van der Waals surface area contributed by atoms with Crippen molar-refractivity contribution in [3.63, 3.8) is 0 Å². The Morgan fingerprint density at radius 2 is 1.64 bits per heavy atom. The zero-order valence-corrected chi connectivity index (χ0v) is 23.7. The Bertz CT molecular complexity index is 749. The van der Waals surface area contributed by atoms with E-state index in [0.29, 0.717) is 18.8 Å². The Labute approximate surface area is 219 Å². The van der Waals surface area contributed by atoms with E-state index in [1.807, 2.05) is 6.08 Å². The molecule has 206 valence electrons. The minimum absolute atomic E-state index is 0.100. The minimum Gasteiger partial charge on any atom is -0.466 e. The first-order valence-electron chi connectivity index (χ1n) is 14.0. The van der Waals surface area contributed by atoms with E-state index in [9.17, 15) is 14.4 Å². The second-order valence-electron chi connectivity index (χ2n) is 10.7. The molecule has 6 nitrogen and oxygen atoms in total. The van der Waals surface area contributed by atoms with Gasteiger partial charge in [-0.1, -0.05) is 77.9 Å². The predicted octanol–water partition coefficient (Wildman–Crippen LogP) is 7.60. The summed E-state index contributed by atoms with van der Waals surface area (Å²) < 4.78 is 16.5. The molecule has 0 saturated heterocycles. The fourth-order valence-corrected chi connectivity index (χ4v) is 4.73. The van der Waals surface area contributed by atoms with Gasteiger partial charge in [0.25, 0.3) is 0 Å². The third kappa shape index (κ3) is 12.7. The minimum atomic E-state index is -0.306. The maximum atomic E-state index is 11.8. The van der Waals surface area contributed by atoms with Gasteiger partial charge in [0, 0.05) is 31.6 Å². The first kappa shape index (κ1) is 31.9. The Morgan fingerprint density at radius 3 is 2.28 bits per heavy atom. The lowest BCUT2D eigenvalue weighted by Gasteiger charge is -2.27. The second kappa shape index (κ2) is 17.4. The molecule has 1 saturated carbocycles. The van der Waals surface area contributed by atoms with Crippen molar-refractivity contribution in [2.24, 2.45) is 11.3 Å². The molecule has 6 heteroatoms. The highest BCUT2D eigenvalue weighted by Gasteiger charge is 2.33. The molecule has 0 heterocycles. The van der Waals surface area contributed by atoms with Crippen molar-refractivity contribution in [2.75, 3.05) is 6.61 Å². The number of hydrogen-bond donors (Lipinski definition) is 0. The monoisotopic (exact) mass is 506 g/mol. The molecular weight excluding hydrogens is 456 g/mol. The summed E-state index contributed by atoms with van der Waals surface area (Å²) in [6.07, 6.45) is 15.9. The van der Waals surface area contributed by atoms with Crippen LogP contribution < -0.4 is 0 Å². The molecule has 36 heavy (non-hydrogen) atoms. The summed E-state index contributed by atoms with van der Waals surface area (Å²) in [5, 5.41) is 0. The van der Waals surface area contributed by atoms with Crippen LogP contribution in [0.25, 0.3) is 0 Å². The standard InChI is InChI=1S/C30H50O6/c1-7-9-21-30(5,6)28(36-24(4)32)20-18-25-17-19-27(35-23(3)31)26(25)15-13-11-12-14-16-29(33)34-22-10-8-2/h18,20,26-27H,7-17,19,21-22H2,1-6H3/t26-,27-/m1/s1. The average molecular weight is 507 g/mol. The molecule has 0 bridgehead atoms. The van der Waals surface area contributed by atoms with E-state index in [0.717, 1.165) is 77.0 Å². The Morgan fingerprint density at radius 1 is 0.944 bits per heavy atom. The molecule has 1 rings (SSSR count). The largest absolute Gasteiger partial charge is 0.466 e. The summed E-state index contributed by atoms with van der Waals surface area (Å²) >= 11 is 0. The van der Waals surface area contributed by atoms with Crippen molar-refractivity contribution < 1.29 is 28.6 Å². The molecule has 0 aromatic carbocycles. The molecule has 0 aromatic heterocycles. The maximum Gasteiger partial charge on any atom is 0.307 e. The molecule has 1 aliphatic rings. The van der Waals surface area contributed by atoms with Crippen molar-refractivity contribution >= 4 is 17.9 Å². The molecule has 1 aliphatic carbocycles. The summed E-state index contributed by atoms with van der Waals surface area (Å²) in [6.45, 7) is 11.9. The Hall–Kier alpha value is -2.11. The van der Waals surface area contributed by atoms with Gasteiger partial charge in [0.05, 0.1) is 6.61 Å². The van der Waals surface area contributed by atoms with Gasteiger partial charge in [-0.3, -0.25) is 14.4 Å². The van der Waals surface area contributed by atoms with Crippen LogP contribution in [0.15, 0.2) is 23.5 Å². The summed E-state index contributed by atoms with van der Waals surface area (Å²) in [5.41, 5.74) is 1.01. The number of carbonyl (C=O) groups excluding carboxylic acids is 3. The Balaban J connectivity index is 2.78. The first-order valence-corrected chi connectivity index (χ1v) is 14.0. The van der Waals surface area contributed by atoms with Gasteiger partial charge in [-0.05, 0) is 44.6 Å². The zero-order valence-electron chi connectivity index (χ0n) is 23.7. The molecule has 1 fully saturated rings. The van der Waals surface area contributed by atoms with E-state index in [4.69, 9.17) is 14.2 Å². The van der Waals surface area contributed by atoms with Crippen molar-refractivity contribution in [2.45, 2.75) is 131 Å². The van der Waals surface area contributed by atoms with Crippen LogP contribution in [0.1, 0.15) is 125 Å². The summed E-state index contributed by atoms with van der Waals surface area (Å²) in [5.74, 6) is 0.207. The van der Waals surface area contributed by atoms with Gasteiger partial charge in [-0.25, -0.2) is 0 Å². The number of carbonyl (C=O) groups is 3. The maximum absolute atomic E-state index is 11.8. The van der Waals surface area contributed by atoms with Gasteiger partial charge in [0.2, 0.25) is 0 Å². The van der Waals surface area contributed by atoms with Gasteiger partial charge >= 0.3 is 17.9 Å². The van der Waals surface area contributed by atoms with Crippen LogP contribution in [-0.4, -0.2) is 30.6 Å². The lowest BCUT2D eigenvalue weighted by Crippen LogP contribution is -2.21. The van der Waals surface area contributed by atoms with E-state index < -0.39 is 0 Å². The van der Waals surface area contributed by atoms with Gasteiger partial charge < -0.3 is 14.2 Å². The molecule has 0 spiro atoms. The normalized spacial score (nSPS) is 19.4. The molecule has 2 atom stereocenters. The van der Waals surface area contributed by atoms with Gasteiger partial charge in [0.1, 0.15) is 11.9 Å². The van der Waals surface area contributed by atoms with Gasteiger partial charge in [-0.15, -0.1) is 0 Å². The van der Waals surface area contributed by atoms with E-state index >= 15 is 0 Å². The van der Waals surface area contributed by atoms with Crippen LogP contribution in [0.5, 0.6) is 0 Å². The number of ether oxygens (including phenoxy) is 3. The molecule has 0 aromatic rings. The van der Waals surface area contributed by atoms with Crippen LogP contribution in [0, 0.1) is 11.3 Å². The summed E-state index contributed by atoms with van der Waals surface area (Å²) in [6, 6.07) is 0. The highest BCUT2D eigenvalue weighted by Crippen LogP contribution is 2.39. The zero-order chi connectivity index (χ0) is 27.0. The van der Waals surface area contributed by atoms with Crippen LogP contribution in [-0.2, 0) is 28.6 Å². The van der Waals surface area contributed by atoms with Crippen molar-refractivity contribution in [1.29, 1.82) is 0 Å². The summed E-state index contributed by atoms with van der Waals surface area (Å²) in [7, 11) is 0. The molecule has 0 unspecified atom stereocenters. The number of rotatable bonds is 17. The number of allylic oxidation sites excluding steroid dienone is 3. The Kier molecular flexibility index (Phi) is 15.4. The average Bonchev–Trinajstić information content (AvgIpc) is 3.17. The predicted molar refractivity (Wildman–Crippen MR) is 143 cm³/mol. The third-order valence-corrected chi connectivity index (χ3v) is 6.89. The SMILES string of the molecule is CCCCOC(=O)CCCCCC[C@@H]1C(=CC=C(OC(C)=O)C(C)(C)CCCC)CC[C@H]1OC(C)=O. The van der Waals surface area contributed by atoms with E-state index in [1.165, 1.54) is 19.4 Å².